The molecule has 8 heteroatoms. The molecule has 0 saturated carbocycles. The molecule has 0 aromatic heterocycles. The van der Waals surface area contributed by atoms with Crippen molar-refractivity contribution >= 4 is 5.91 Å². The summed E-state index contributed by atoms with van der Waals surface area (Å²) < 4.78 is 52.6. The fourth-order valence-corrected chi connectivity index (χ4v) is 2.28. The molecule has 136 valence electrons. The molecule has 0 heterocycles. The van der Waals surface area contributed by atoms with Gasteiger partial charge in [0.1, 0.15) is 11.5 Å². The van der Waals surface area contributed by atoms with Crippen LogP contribution >= 0.6 is 0 Å². The highest BCUT2D eigenvalue weighted by atomic mass is 19.4. The van der Waals surface area contributed by atoms with Crippen LogP contribution in [0.2, 0.25) is 0 Å². The van der Waals surface area contributed by atoms with E-state index >= 15 is 0 Å². The number of carbonyl (C=O) groups excluding carboxylic acids is 1. The van der Waals surface area contributed by atoms with Gasteiger partial charge in [0.2, 0.25) is 0 Å². The molecule has 1 unspecified atom stereocenters. The molecule has 0 saturated heterocycles. The van der Waals surface area contributed by atoms with Gasteiger partial charge >= 0.3 is 12.1 Å². The maximum absolute atomic E-state index is 12.3. The fraction of sp³-hybridized carbons (Fsp3) is 0.562. The summed E-state index contributed by atoms with van der Waals surface area (Å²) in [5, 5.41) is 1.93. The smallest absolute Gasteiger partial charge is 0.471 e. The molecule has 1 amide bonds. The molecular formula is C16H22F3NO4. The lowest BCUT2D eigenvalue weighted by Crippen LogP contribution is -2.42. The van der Waals surface area contributed by atoms with Crippen molar-refractivity contribution in [3.05, 3.63) is 23.3 Å². The molecule has 1 aromatic rings. The summed E-state index contributed by atoms with van der Waals surface area (Å²) in [4.78, 5) is 11.0. The van der Waals surface area contributed by atoms with E-state index < -0.39 is 18.1 Å². The number of rotatable bonds is 8. The van der Waals surface area contributed by atoms with Gasteiger partial charge in [-0.3, -0.25) is 4.79 Å². The second-order valence-electron chi connectivity index (χ2n) is 5.30. The number of carbonyl (C=O) groups is 1. The van der Waals surface area contributed by atoms with E-state index in [1.165, 1.54) is 21.1 Å². The second kappa shape index (κ2) is 8.77. The Morgan fingerprint density at radius 3 is 2.17 bits per heavy atom. The summed E-state index contributed by atoms with van der Waals surface area (Å²) >= 11 is 0. The number of benzene rings is 1. The first kappa shape index (κ1) is 20.1. The number of alkyl halides is 3. The van der Waals surface area contributed by atoms with Crippen LogP contribution in [0.4, 0.5) is 13.2 Å². The first-order valence-electron chi connectivity index (χ1n) is 7.33. The maximum Gasteiger partial charge on any atom is 0.471 e. The lowest BCUT2D eigenvalue weighted by Gasteiger charge is -2.19. The molecule has 1 aromatic carbocycles. The average Bonchev–Trinajstić information content (AvgIpc) is 2.51. The van der Waals surface area contributed by atoms with Gasteiger partial charge in [-0.25, -0.2) is 0 Å². The van der Waals surface area contributed by atoms with Crippen LogP contribution in [-0.2, 0) is 22.4 Å². The summed E-state index contributed by atoms with van der Waals surface area (Å²) in [5.74, 6) is -0.843. The van der Waals surface area contributed by atoms with Crippen molar-refractivity contribution in [3.63, 3.8) is 0 Å². The van der Waals surface area contributed by atoms with Crippen LogP contribution < -0.4 is 14.8 Å². The van der Waals surface area contributed by atoms with Crippen LogP contribution in [0, 0.1) is 0 Å². The monoisotopic (exact) mass is 349 g/mol. The Kier molecular flexibility index (Phi) is 7.34. The van der Waals surface area contributed by atoms with Gasteiger partial charge in [-0.15, -0.1) is 0 Å². The molecule has 0 radical (unpaired) electrons. The van der Waals surface area contributed by atoms with E-state index in [0.29, 0.717) is 30.1 Å². The van der Waals surface area contributed by atoms with E-state index in [4.69, 9.17) is 14.2 Å². The average molecular weight is 349 g/mol. The van der Waals surface area contributed by atoms with E-state index in [1.807, 2.05) is 5.32 Å². The van der Waals surface area contributed by atoms with Gasteiger partial charge in [-0.2, -0.15) is 13.2 Å². The Morgan fingerprint density at radius 2 is 1.67 bits per heavy atom. The van der Waals surface area contributed by atoms with Crippen LogP contribution in [0.3, 0.4) is 0 Å². The number of nitrogens with one attached hydrogen (secondary N) is 1. The molecule has 1 rings (SSSR count). The lowest BCUT2D eigenvalue weighted by atomic mass is 10.0. The van der Waals surface area contributed by atoms with E-state index in [1.54, 1.807) is 19.2 Å². The Labute approximate surface area is 139 Å². The molecule has 1 N–H and O–H groups in total. The molecule has 5 nitrogen and oxygen atoms in total. The van der Waals surface area contributed by atoms with Crippen LogP contribution in [0.5, 0.6) is 11.5 Å². The highest BCUT2D eigenvalue weighted by molar-refractivity contribution is 5.81. The van der Waals surface area contributed by atoms with Crippen molar-refractivity contribution in [3.8, 4) is 11.5 Å². The Balaban J connectivity index is 2.95. The van der Waals surface area contributed by atoms with Crippen LogP contribution in [-0.4, -0.2) is 46.1 Å². The highest BCUT2D eigenvalue weighted by Gasteiger charge is 2.39. The van der Waals surface area contributed by atoms with E-state index in [9.17, 15) is 18.0 Å². The van der Waals surface area contributed by atoms with Crippen molar-refractivity contribution in [1.29, 1.82) is 0 Å². The molecular weight excluding hydrogens is 327 g/mol. The largest absolute Gasteiger partial charge is 0.496 e. The zero-order valence-corrected chi connectivity index (χ0v) is 14.1. The second-order valence-corrected chi connectivity index (χ2v) is 5.30. The molecule has 0 aliphatic rings. The predicted molar refractivity (Wildman–Crippen MR) is 82.5 cm³/mol. The summed E-state index contributed by atoms with van der Waals surface area (Å²) in [6.07, 6.45) is -4.12. The van der Waals surface area contributed by atoms with E-state index in [2.05, 4.69) is 0 Å². The molecule has 0 aliphatic carbocycles. The molecule has 0 bridgehead atoms. The maximum atomic E-state index is 12.3. The molecule has 24 heavy (non-hydrogen) atoms. The highest BCUT2D eigenvalue weighted by Crippen LogP contribution is 2.30. The number of methoxy groups -OCH3 is 3. The minimum atomic E-state index is -4.90. The lowest BCUT2D eigenvalue weighted by molar-refractivity contribution is -0.174. The van der Waals surface area contributed by atoms with Crippen molar-refractivity contribution in [1.82, 2.24) is 5.32 Å². The van der Waals surface area contributed by atoms with Crippen molar-refractivity contribution in [2.24, 2.45) is 0 Å². The first-order chi connectivity index (χ1) is 11.2. The van der Waals surface area contributed by atoms with Crippen LogP contribution in [0.25, 0.3) is 0 Å². The number of amides is 1. The van der Waals surface area contributed by atoms with Crippen molar-refractivity contribution < 1.29 is 32.2 Å². The van der Waals surface area contributed by atoms with E-state index in [0.717, 1.165) is 5.56 Å². The first-order valence-corrected chi connectivity index (χ1v) is 7.33. The Morgan fingerprint density at radius 1 is 1.12 bits per heavy atom. The van der Waals surface area contributed by atoms with Gasteiger partial charge in [-0.1, -0.05) is 0 Å². The van der Waals surface area contributed by atoms with Crippen molar-refractivity contribution in [2.45, 2.75) is 32.0 Å². The summed E-state index contributed by atoms with van der Waals surface area (Å²) in [5.41, 5.74) is 1.51. The third-order valence-electron chi connectivity index (χ3n) is 3.42. The van der Waals surface area contributed by atoms with Gasteiger partial charge in [0, 0.05) is 18.7 Å². The summed E-state index contributed by atoms with van der Waals surface area (Å²) in [6.45, 7) is 1.99. The fourth-order valence-electron chi connectivity index (χ4n) is 2.28. The number of halogens is 3. The third kappa shape index (κ3) is 5.59. The number of hydrogen-bond acceptors (Lipinski definition) is 4. The van der Waals surface area contributed by atoms with Gasteiger partial charge in [0.15, 0.2) is 0 Å². The predicted octanol–water partition coefficient (Wildman–Crippen LogP) is 2.50. The van der Waals surface area contributed by atoms with Gasteiger partial charge in [0.25, 0.3) is 0 Å². The zero-order chi connectivity index (χ0) is 18.3. The summed E-state index contributed by atoms with van der Waals surface area (Å²) in [7, 11) is 4.57. The number of ether oxygens (including phenoxy) is 3. The van der Waals surface area contributed by atoms with Crippen molar-refractivity contribution in [2.75, 3.05) is 27.9 Å². The normalized spacial score (nSPS) is 12.6. The molecule has 0 spiro atoms. The number of hydrogen-bond donors (Lipinski definition) is 1. The Hall–Kier alpha value is -1.96. The minimum absolute atomic E-state index is 0.173. The standard InChI is InChI=1S/C16H22F3NO4/c1-10(20-15(21)16(17,18)19)7-12-9-13(23-3)11(5-6-22-2)8-14(12)24-4/h8-10H,5-7H2,1-4H3,(H,20,21). The summed E-state index contributed by atoms with van der Waals surface area (Å²) in [6, 6.07) is 2.76. The molecule has 0 fully saturated rings. The third-order valence-corrected chi connectivity index (χ3v) is 3.42. The topological polar surface area (TPSA) is 56.8 Å². The van der Waals surface area contributed by atoms with Gasteiger partial charge in [0.05, 0.1) is 20.8 Å². The van der Waals surface area contributed by atoms with Crippen LogP contribution in [0.15, 0.2) is 12.1 Å². The van der Waals surface area contributed by atoms with Gasteiger partial charge in [-0.05, 0) is 37.5 Å². The SMILES string of the molecule is COCCc1cc(OC)c(CC(C)NC(=O)C(F)(F)F)cc1OC. The van der Waals surface area contributed by atoms with Crippen LogP contribution in [0.1, 0.15) is 18.1 Å². The zero-order valence-electron chi connectivity index (χ0n) is 14.1. The minimum Gasteiger partial charge on any atom is -0.496 e. The quantitative estimate of drug-likeness (QED) is 0.784. The van der Waals surface area contributed by atoms with Gasteiger partial charge < -0.3 is 19.5 Å². The molecule has 1 atom stereocenters. The van der Waals surface area contributed by atoms with E-state index in [-0.39, 0.29) is 6.42 Å². The molecule has 0 aliphatic heterocycles. The Bertz CT molecular complexity index is 561.